The highest BCUT2D eigenvalue weighted by Crippen LogP contribution is 2.22. The second-order valence-electron chi connectivity index (χ2n) is 4.56. The molecule has 0 bridgehead atoms. The van der Waals surface area contributed by atoms with Crippen molar-refractivity contribution in [2.45, 2.75) is 31.7 Å². The summed E-state index contributed by atoms with van der Waals surface area (Å²) in [5.74, 6) is 0.902. The summed E-state index contributed by atoms with van der Waals surface area (Å²) in [5, 5.41) is 3.37. The summed E-state index contributed by atoms with van der Waals surface area (Å²) in [6, 6.07) is 8.80. The quantitative estimate of drug-likeness (QED) is 0.835. The number of nitrogens with one attached hydrogen (secondary N) is 1. The third-order valence-electron chi connectivity index (χ3n) is 2.76. The largest absolute Gasteiger partial charge is 0.326 e. The maximum atomic E-state index is 4.52. The van der Waals surface area contributed by atoms with Gasteiger partial charge in [0.2, 0.25) is 5.95 Å². The highest BCUT2D eigenvalue weighted by molar-refractivity contribution is 7.98. The highest BCUT2D eigenvalue weighted by atomic mass is 32.2. The molecule has 0 aliphatic heterocycles. The molecule has 1 aromatic heterocycles. The first-order valence-corrected chi connectivity index (χ1v) is 7.29. The number of anilines is 2. The van der Waals surface area contributed by atoms with E-state index in [0.717, 1.165) is 17.3 Å². The van der Waals surface area contributed by atoms with Crippen LogP contribution in [0.1, 0.15) is 25.6 Å². The molecule has 1 N–H and O–H groups in total. The van der Waals surface area contributed by atoms with Crippen LogP contribution in [-0.2, 0) is 0 Å². The van der Waals surface area contributed by atoms with Crippen molar-refractivity contribution >= 4 is 23.4 Å². The lowest BCUT2D eigenvalue weighted by Crippen LogP contribution is -2.04. The van der Waals surface area contributed by atoms with Crippen molar-refractivity contribution < 1.29 is 0 Å². The van der Waals surface area contributed by atoms with Gasteiger partial charge in [0.1, 0.15) is 0 Å². The van der Waals surface area contributed by atoms with Crippen LogP contribution in [0.15, 0.2) is 35.4 Å². The van der Waals surface area contributed by atoms with Crippen LogP contribution in [-0.4, -0.2) is 15.8 Å². The number of aromatic nitrogens is 2. The van der Waals surface area contributed by atoms with Crippen LogP contribution in [0.3, 0.4) is 0 Å². The van der Waals surface area contributed by atoms with E-state index in [1.807, 2.05) is 6.92 Å². The molecule has 0 fully saturated rings. The molecule has 0 radical (unpaired) electrons. The summed E-state index contributed by atoms with van der Waals surface area (Å²) in [5.41, 5.74) is 2.10. The third kappa shape index (κ3) is 2.88. The maximum Gasteiger partial charge on any atom is 0.207 e. The van der Waals surface area contributed by atoms with Gasteiger partial charge in [-0.15, -0.1) is 11.8 Å². The number of aryl methyl sites for hydroxylation is 1. The Morgan fingerprint density at radius 3 is 2.44 bits per heavy atom. The van der Waals surface area contributed by atoms with Crippen LogP contribution in [0.4, 0.5) is 11.6 Å². The van der Waals surface area contributed by atoms with Gasteiger partial charge in [-0.1, -0.05) is 0 Å². The van der Waals surface area contributed by atoms with Crippen molar-refractivity contribution in [1.29, 1.82) is 0 Å². The Kier molecular flexibility index (Phi) is 3.97. The van der Waals surface area contributed by atoms with Gasteiger partial charge < -0.3 is 9.88 Å². The minimum Gasteiger partial charge on any atom is -0.326 e. The molecule has 18 heavy (non-hydrogen) atoms. The summed E-state index contributed by atoms with van der Waals surface area (Å²) >= 11 is 1.75. The van der Waals surface area contributed by atoms with Gasteiger partial charge in [-0.05, 0) is 51.3 Å². The molecule has 0 atom stereocenters. The van der Waals surface area contributed by atoms with Gasteiger partial charge in [0.25, 0.3) is 0 Å². The molecular weight excluding hydrogens is 242 g/mol. The molecule has 96 valence electrons. The zero-order valence-electron chi connectivity index (χ0n) is 11.3. The van der Waals surface area contributed by atoms with Crippen molar-refractivity contribution in [3.05, 3.63) is 36.2 Å². The summed E-state index contributed by atoms with van der Waals surface area (Å²) in [7, 11) is 0. The van der Waals surface area contributed by atoms with Crippen LogP contribution >= 0.6 is 11.8 Å². The van der Waals surface area contributed by atoms with Gasteiger partial charge in [0.15, 0.2) is 0 Å². The second-order valence-corrected chi connectivity index (χ2v) is 5.44. The second kappa shape index (κ2) is 5.48. The number of hydrogen-bond donors (Lipinski definition) is 1. The van der Waals surface area contributed by atoms with E-state index in [1.54, 1.807) is 11.8 Å². The fourth-order valence-corrected chi connectivity index (χ4v) is 2.21. The Morgan fingerprint density at radius 1 is 1.22 bits per heavy atom. The lowest BCUT2D eigenvalue weighted by molar-refractivity contribution is 0.607. The van der Waals surface area contributed by atoms with Crippen molar-refractivity contribution in [3.8, 4) is 0 Å². The molecule has 2 rings (SSSR count). The molecule has 3 nitrogen and oxygen atoms in total. The van der Waals surface area contributed by atoms with E-state index in [2.05, 4.69) is 65.4 Å². The summed E-state index contributed by atoms with van der Waals surface area (Å²) in [6.45, 7) is 6.33. The summed E-state index contributed by atoms with van der Waals surface area (Å²) < 4.78 is 2.15. The topological polar surface area (TPSA) is 29.9 Å². The molecule has 2 aromatic rings. The number of benzene rings is 1. The van der Waals surface area contributed by atoms with Crippen molar-refractivity contribution in [3.63, 3.8) is 0 Å². The Bertz CT molecular complexity index is 514. The first-order valence-electron chi connectivity index (χ1n) is 6.06. The predicted molar refractivity (Wildman–Crippen MR) is 78.9 cm³/mol. The lowest BCUT2D eigenvalue weighted by atomic mass is 10.3. The molecular formula is C14H19N3S. The van der Waals surface area contributed by atoms with E-state index in [1.165, 1.54) is 4.90 Å². The molecule has 1 aromatic carbocycles. The predicted octanol–water partition coefficient (Wildman–Crippen LogP) is 4.24. The van der Waals surface area contributed by atoms with Crippen molar-refractivity contribution in [1.82, 2.24) is 9.55 Å². The van der Waals surface area contributed by atoms with Gasteiger partial charge in [-0.25, -0.2) is 4.98 Å². The molecule has 0 aliphatic carbocycles. The lowest BCUT2D eigenvalue weighted by Gasteiger charge is -2.12. The highest BCUT2D eigenvalue weighted by Gasteiger charge is 2.08. The van der Waals surface area contributed by atoms with E-state index >= 15 is 0 Å². The van der Waals surface area contributed by atoms with E-state index in [-0.39, 0.29) is 0 Å². The van der Waals surface area contributed by atoms with Crippen LogP contribution in [0.5, 0.6) is 0 Å². The normalized spacial score (nSPS) is 10.9. The Morgan fingerprint density at radius 2 is 1.89 bits per heavy atom. The van der Waals surface area contributed by atoms with Crippen molar-refractivity contribution in [2.24, 2.45) is 0 Å². The van der Waals surface area contributed by atoms with Gasteiger partial charge in [0.05, 0.1) is 5.69 Å². The van der Waals surface area contributed by atoms with E-state index < -0.39 is 0 Å². The molecule has 0 saturated carbocycles. The fraction of sp³-hybridized carbons (Fsp3) is 0.357. The van der Waals surface area contributed by atoms with E-state index in [0.29, 0.717) is 6.04 Å². The monoisotopic (exact) mass is 261 g/mol. The van der Waals surface area contributed by atoms with Crippen LogP contribution in [0, 0.1) is 6.92 Å². The fourth-order valence-electron chi connectivity index (χ4n) is 1.81. The molecule has 0 amide bonds. The zero-order valence-corrected chi connectivity index (χ0v) is 12.1. The SMILES string of the molecule is CSc1ccc(Nc2nc(C)cn2C(C)C)cc1. The number of imidazole rings is 1. The Balaban J connectivity index is 2.22. The Hall–Kier alpha value is -1.42. The van der Waals surface area contributed by atoms with Crippen molar-refractivity contribution in [2.75, 3.05) is 11.6 Å². The third-order valence-corrected chi connectivity index (χ3v) is 3.50. The van der Waals surface area contributed by atoms with E-state index in [9.17, 15) is 0 Å². The summed E-state index contributed by atoms with van der Waals surface area (Å²) in [6.07, 6.45) is 4.15. The number of hydrogen-bond acceptors (Lipinski definition) is 3. The molecule has 4 heteroatoms. The first-order chi connectivity index (χ1) is 8.60. The Labute approximate surface area is 113 Å². The standard InChI is InChI=1S/C14H19N3S/c1-10(2)17-9-11(3)15-14(17)16-12-5-7-13(18-4)8-6-12/h5-10H,1-4H3,(H,15,16). The number of thioether (sulfide) groups is 1. The smallest absolute Gasteiger partial charge is 0.207 e. The van der Waals surface area contributed by atoms with Crippen LogP contribution < -0.4 is 5.32 Å². The first kappa shape index (κ1) is 13.0. The maximum absolute atomic E-state index is 4.52. The minimum atomic E-state index is 0.402. The van der Waals surface area contributed by atoms with Gasteiger partial charge in [-0.3, -0.25) is 0 Å². The van der Waals surface area contributed by atoms with Gasteiger partial charge in [0, 0.05) is 22.8 Å². The molecule has 1 heterocycles. The van der Waals surface area contributed by atoms with Gasteiger partial charge >= 0.3 is 0 Å². The average Bonchev–Trinajstić information content (AvgIpc) is 2.71. The van der Waals surface area contributed by atoms with E-state index in [4.69, 9.17) is 0 Å². The van der Waals surface area contributed by atoms with Crippen LogP contribution in [0.25, 0.3) is 0 Å². The summed E-state index contributed by atoms with van der Waals surface area (Å²) in [4.78, 5) is 5.78. The molecule has 0 saturated heterocycles. The minimum absolute atomic E-state index is 0.402. The molecule has 0 aliphatic rings. The van der Waals surface area contributed by atoms with Gasteiger partial charge in [-0.2, -0.15) is 0 Å². The average molecular weight is 261 g/mol. The zero-order chi connectivity index (χ0) is 13.1. The van der Waals surface area contributed by atoms with Crippen LogP contribution in [0.2, 0.25) is 0 Å². The molecule has 0 spiro atoms. The molecule has 0 unspecified atom stereocenters. The number of rotatable bonds is 4. The number of nitrogens with zero attached hydrogens (tertiary/aromatic N) is 2.